The van der Waals surface area contributed by atoms with Gasteiger partial charge in [0.25, 0.3) is 5.91 Å². The van der Waals surface area contributed by atoms with Gasteiger partial charge in [0, 0.05) is 11.3 Å². The lowest BCUT2D eigenvalue weighted by atomic mass is 10.2. The van der Waals surface area contributed by atoms with E-state index in [0.717, 1.165) is 11.4 Å². The van der Waals surface area contributed by atoms with Gasteiger partial charge in [-0.3, -0.25) is 4.79 Å². The van der Waals surface area contributed by atoms with Crippen LogP contribution in [0, 0.1) is 5.82 Å². The predicted molar refractivity (Wildman–Crippen MR) is 92.8 cm³/mol. The maximum Gasteiger partial charge on any atom is 0.262 e. The Labute approximate surface area is 140 Å². The Morgan fingerprint density at radius 2 is 1.96 bits per heavy atom. The molecule has 0 aliphatic rings. The number of nitrogens with one attached hydrogen (secondary N) is 2. The fraction of sp³-hybridized carbons (Fsp3) is 0.222. The molecule has 0 saturated heterocycles. The average Bonchev–Trinajstić information content (AvgIpc) is 2.61. The van der Waals surface area contributed by atoms with Crippen molar-refractivity contribution in [3.63, 3.8) is 0 Å². The molecule has 0 spiro atoms. The molecule has 24 heavy (non-hydrogen) atoms. The van der Waals surface area contributed by atoms with Gasteiger partial charge in [0.05, 0.1) is 13.3 Å². The van der Waals surface area contributed by atoms with Crippen LogP contribution in [0.2, 0.25) is 0 Å². The molecule has 2 aromatic carbocycles. The highest BCUT2D eigenvalue weighted by Gasteiger charge is 2.15. The third-order valence-electron chi connectivity index (χ3n) is 3.44. The number of rotatable bonds is 7. The summed E-state index contributed by atoms with van der Waals surface area (Å²) in [5.41, 5.74) is 3.54. The van der Waals surface area contributed by atoms with Gasteiger partial charge in [-0.2, -0.15) is 5.10 Å². The number of carbonyl (C=O) groups is 1. The number of halogens is 1. The molecular weight excluding hydrogens is 309 g/mol. The molecule has 0 bridgehead atoms. The second kappa shape index (κ2) is 8.67. The number of hydrogen-bond acceptors (Lipinski definition) is 4. The number of hydrazone groups is 1. The summed E-state index contributed by atoms with van der Waals surface area (Å²) in [7, 11) is 1.60. The van der Waals surface area contributed by atoms with Crippen molar-refractivity contribution in [2.75, 3.05) is 12.4 Å². The molecule has 2 rings (SSSR count). The number of amides is 1. The van der Waals surface area contributed by atoms with Crippen molar-refractivity contribution < 1.29 is 13.9 Å². The minimum Gasteiger partial charge on any atom is -0.497 e. The van der Waals surface area contributed by atoms with Crippen molar-refractivity contribution in [1.82, 2.24) is 5.43 Å². The second-order valence-corrected chi connectivity index (χ2v) is 5.09. The van der Waals surface area contributed by atoms with Gasteiger partial charge in [-0.15, -0.1) is 0 Å². The second-order valence-electron chi connectivity index (χ2n) is 5.09. The molecule has 2 N–H and O–H groups in total. The Morgan fingerprint density at radius 1 is 1.25 bits per heavy atom. The van der Waals surface area contributed by atoms with Crippen LogP contribution < -0.4 is 15.5 Å². The molecule has 0 unspecified atom stereocenters. The first-order chi connectivity index (χ1) is 11.6. The summed E-state index contributed by atoms with van der Waals surface area (Å²) >= 11 is 0. The van der Waals surface area contributed by atoms with E-state index < -0.39 is 6.04 Å². The zero-order chi connectivity index (χ0) is 17.4. The van der Waals surface area contributed by atoms with Crippen LogP contribution in [0.3, 0.4) is 0 Å². The quantitative estimate of drug-likeness (QED) is 0.606. The summed E-state index contributed by atoms with van der Waals surface area (Å²) < 4.78 is 18.6. The molecule has 0 heterocycles. The number of ether oxygens (including phenoxy) is 1. The minimum atomic E-state index is -0.448. The molecule has 126 valence electrons. The van der Waals surface area contributed by atoms with Crippen molar-refractivity contribution in [3.8, 4) is 5.75 Å². The van der Waals surface area contributed by atoms with Crippen LogP contribution in [0.4, 0.5) is 10.1 Å². The normalized spacial score (nSPS) is 12.0. The van der Waals surface area contributed by atoms with Gasteiger partial charge in [0.15, 0.2) is 0 Å². The van der Waals surface area contributed by atoms with Crippen molar-refractivity contribution >= 4 is 17.8 Å². The van der Waals surface area contributed by atoms with Crippen LogP contribution in [-0.2, 0) is 4.79 Å². The zero-order valence-electron chi connectivity index (χ0n) is 13.6. The van der Waals surface area contributed by atoms with Crippen LogP contribution in [0.1, 0.15) is 18.9 Å². The molecule has 5 nitrogen and oxygen atoms in total. The van der Waals surface area contributed by atoms with Crippen molar-refractivity contribution in [3.05, 3.63) is 59.9 Å². The Balaban J connectivity index is 1.94. The Bertz CT molecular complexity index is 702. The first-order valence-electron chi connectivity index (χ1n) is 7.62. The number of hydrogen-bond donors (Lipinski definition) is 2. The maximum absolute atomic E-state index is 13.5. The first-order valence-corrected chi connectivity index (χ1v) is 7.62. The molecule has 0 radical (unpaired) electrons. The van der Waals surface area contributed by atoms with E-state index >= 15 is 0 Å². The summed E-state index contributed by atoms with van der Waals surface area (Å²) in [6.07, 6.45) is 1.86. The summed E-state index contributed by atoms with van der Waals surface area (Å²) in [4.78, 5) is 12.2. The lowest BCUT2D eigenvalue weighted by molar-refractivity contribution is -0.121. The van der Waals surface area contributed by atoms with E-state index in [-0.39, 0.29) is 11.7 Å². The molecular formula is C18H20FN3O2. The number of carbonyl (C=O) groups excluding carboxylic acids is 1. The third kappa shape index (κ3) is 4.81. The number of nitrogens with zero attached hydrogens (tertiary/aromatic N) is 1. The smallest absolute Gasteiger partial charge is 0.262 e. The van der Waals surface area contributed by atoms with Crippen LogP contribution in [0.5, 0.6) is 5.75 Å². The van der Waals surface area contributed by atoms with E-state index in [4.69, 9.17) is 4.74 Å². The van der Waals surface area contributed by atoms with Crippen molar-refractivity contribution in [2.45, 2.75) is 19.4 Å². The summed E-state index contributed by atoms with van der Waals surface area (Å²) in [5.74, 6) is 0.0624. The number of anilines is 1. The third-order valence-corrected chi connectivity index (χ3v) is 3.44. The van der Waals surface area contributed by atoms with Crippen LogP contribution >= 0.6 is 0 Å². The molecule has 0 aliphatic carbocycles. The fourth-order valence-corrected chi connectivity index (χ4v) is 2.06. The van der Waals surface area contributed by atoms with Crippen LogP contribution in [-0.4, -0.2) is 25.3 Å². The van der Waals surface area contributed by atoms with E-state index in [9.17, 15) is 9.18 Å². The highest BCUT2D eigenvalue weighted by atomic mass is 19.1. The molecule has 0 fully saturated rings. The summed E-state index contributed by atoms with van der Waals surface area (Å²) in [5, 5.41) is 6.94. The number of benzene rings is 2. The van der Waals surface area contributed by atoms with Gasteiger partial charge in [0.1, 0.15) is 17.6 Å². The Hall–Kier alpha value is -2.89. The summed E-state index contributed by atoms with van der Waals surface area (Å²) in [6, 6.07) is 13.0. The van der Waals surface area contributed by atoms with Gasteiger partial charge in [0.2, 0.25) is 0 Å². The van der Waals surface area contributed by atoms with Crippen molar-refractivity contribution in [1.29, 1.82) is 0 Å². The SMILES string of the molecule is CC[C@@H](Nc1ccc(OC)cc1)C(=O)N/N=C\c1ccccc1F. The lowest BCUT2D eigenvalue weighted by Crippen LogP contribution is -2.36. The maximum atomic E-state index is 13.5. The monoisotopic (exact) mass is 329 g/mol. The van der Waals surface area contributed by atoms with E-state index in [2.05, 4.69) is 15.8 Å². The lowest BCUT2D eigenvalue weighted by Gasteiger charge is -2.16. The highest BCUT2D eigenvalue weighted by molar-refractivity contribution is 5.86. The molecule has 0 saturated carbocycles. The molecule has 0 aromatic heterocycles. The molecule has 6 heteroatoms. The highest BCUT2D eigenvalue weighted by Crippen LogP contribution is 2.16. The van der Waals surface area contributed by atoms with Gasteiger partial charge >= 0.3 is 0 Å². The van der Waals surface area contributed by atoms with E-state index in [1.165, 1.54) is 12.3 Å². The zero-order valence-corrected chi connectivity index (χ0v) is 13.6. The van der Waals surface area contributed by atoms with E-state index in [1.54, 1.807) is 25.3 Å². The van der Waals surface area contributed by atoms with Gasteiger partial charge in [-0.25, -0.2) is 9.82 Å². The number of methoxy groups -OCH3 is 1. The predicted octanol–water partition coefficient (Wildman–Crippen LogP) is 3.18. The average molecular weight is 329 g/mol. The van der Waals surface area contributed by atoms with Crippen LogP contribution in [0.25, 0.3) is 0 Å². The Morgan fingerprint density at radius 3 is 2.58 bits per heavy atom. The molecule has 1 atom stereocenters. The standard InChI is InChI=1S/C18H20FN3O2/c1-3-17(21-14-8-10-15(24-2)11-9-14)18(23)22-20-12-13-6-4-5-7-16(13)19/h4-12,17,21H,3H2,1-2H3,(H,22,23)/b20-12-/t17-/m1/s1. The molecule has 1 amide bonds. The van der Waals surface area contributed by atoms with Gasteiger partial charge in [-0.05, 0) is 36.8 Å². The Kier molecular flexibility index (Phi) is 6.31. The fourth-order valence-electron chi connectivity index (χ4n) is 2.06. The molecule has 2 aromatic rings. The summed E-state index contributed by atoms with van der Waals surface area (Å²) in [6.45, 7) is 1.89. The van der Waals surface area contributed by atoms with Crippen molar-refractivity contribution in [2.24, 2.45) is 5.10 Å². The van der Waals surface area contributed by atoms with Crippen LogP contribution in [0.15, 0.2) is 53.6 Å². The van der Waals surface area contributed by atoms with Gasteiger partial charge < -0.3 is 10.1 Å². The molecule has 0 aliphatic heterocycles. The van der Waals surface area contributed by atoms with E-state index in [1.807, 2.05) is 31.2 Å². The largest absolute Gasteiger partial charge is 0.497 e. The first kappa shape index (κ1) is 17.5. The topological polar surface area (TPSA) is 62.7 Å². The van der Waals surface area contributed by atoms with Gasteiger partial charge in [-0.1, -0.05) is 25.1 Å². The minimum absolute atomic E-state index is 0.291. The van der Waals surface area contributed by atoms with E-state index in [0.29, 0.717) is 12.0 Å².